The maximum Gasteiger partial charge on any atom is 0.300 e. The van der Waals surface area contributed by atoms with Gasteiger partial charge in [0.1, 0.15) is 0 Å². The van der Waals surface area contributed by atoms with E-state index in [0.29, 0.717) is 34.5 Å². The summed E-state index contributed by atoms with van der Waals surface area (Å²) >= 11 is 0. The van der Waals surface area contributed by atoms with Crippen molar-refractivity contribution in [1.29, 1.82) is 10.8 Å². The molecule has 164 valence electrons. The number of carbonyl (C=O) groups is 2. The lowest BCUT2D eigenvalue weighted by molar-refractivity contribution is 0.0990. The molecule has 1 aliphatic carbocycles. The first-order valence-electron chi connectivity index (χ1n) is 10.6. The molecule has 0 radical (unpaired) electrons. The van der Waals surface area contributed by atoms with Gasteiger partial charge in [0.15, 0.2) is 18.0 Å². The van der Waals surface area contributed by atoms with Crippen molar-refractivity contribution >= 4 is 52.2 Å². The summed E-state index contributed by atoms with van der Waals surface area (Å²) in [6.45, 7) is 0. The van der Waals surface area contributed by atoms with Gasteiger partial charge in [-0.1, -0.05) is 54.6 Å². The van der Waals surface area contributed by atoms with E-state index in [1.807, 2.05) is 54.6 Å². The van der Waals surface area contributed by atoms with E-state index in [1.165, 1.54) is 0 Å². The van der Waals surface area contributed by atoms with Crippen LogP contribution in [0.1, 0.15) is 26.3 Å². The highest BCUT2D eigenvalue weighted by Gasteiger charge is 2.33. The fraction of sp³-hybridized carbons (Fsp3) is 0. The van der Waals surface area contributed by atoms with Gasteiger partial charge in [-0.25, -0.2) is 0 Å². The number of nitrogens with one attached hydrogen (secondary N) is 2. The number of benzene rings is 4. The zero-order chi connectivity index (χ0) is 23.7. The van der Waals surface area contributed by atoms with Crippen molar-refractivity contribution in [3.8, 4) is 0 Å². The third kappa shape index (κ3) is 3.67. The number of fused-ring (bicyclic) bond motifs is 2. The van der Waals surface area contributed by atoms with Crippen molar-refractivity contribution < 1.29 is 14.3 Å². The fourth-order valence-electron chi connectivity index (χ4n) is 4.10. The van der Waals surface area contributed by atoms with E-state index in [9.17, 15) is 9.59 Å². The molecule has 0 atom stereocenters. The Kier molecular flexibility index (Phi) is 5.32. The lowest BCUT2D eigenvalue weighted by Gasteiger charge is -2.23. The van der Waals surface area contributed by atoms with Gasteiger partial charge < -0.3 is 4.74 Å². The SMILES string of the molecule is N=COC(=N)N(c1ccccc1)c1ccc(C=C2C(=O)c3cc4ccccc4cc3C2=O)cc1. The predicted octanol–water partition coefficient (Wildman–Crippen LogP) is 6.00. The first kappa shape index (κ1) is 21.0. The van der Waals surface area contributed by atoms with Crippen LogP contribution < -0.4 is 4.90 Å². The number of ketones is 2. The molecule has 0 heterocycles. The molecule has 0 fully saturated rings. The first-order valence-corrected chi connectivity index (χ1v) is 10.6. The van der Waals surface area contributed by atoms with Crippen LogP contribution in [0.3, 0.4) is 0 Å². The van der Waals surface area contributed by atoms with Gasteiger partial charge in [-0.3, -0.25) is 25.3 Å². The molecule has 0 unspecified atom stereocenters. The lowest BCUT2D eigenvalue weighted by atomic mass is 10.0. The normalized spacial score (nSPS) is 12.4. The smallest absolute Gasteiger partial charge is 0.300 e. The molecule has 0 amide bonds. The van der Waals surface area contributed by atoms with Gasteiger partial charge in [0.05, 0.1) is 16.9 Å². The summed E-state index contributed by atoms with van der Waals surface area (Å²) in [5, 5.41) is 17.2. The Morgan fingerprint density at radius 3 is 1.82 bits per heavy atom. The van der Waals surface area contributed by atoms with Crippen molar-refractivity contribution in [2.75, 3.05) is 4.90 Å². The second-order valence-corrected chi connectivity index (χ2v) is 7.76. The molecule has 0 aliphatic heterocycles. The number of hydrogen-bond donors (Lipinski definition) is 2. The van der Waals surface area contributed by atoms with E-state index in [2.05, 4.69) is 0 Å². The first-order chi connectivity index (χ1) is 16.6. The standard InChI is InChI=1S/C28H19N3O3/c29-17-34-28(30)31(21-8-2-1-3-9-21)22-12-10-18(11-13-22)14-25-26(32)23-15-19-6-4-5-7-20(19)16-24(23)27(25)33/h1-17,29-30H. The summed E-state index contributed by atoms with van der Waals surface area (Å²) in [5.74, 6) is -0.552. The van der Waals surface area contributed by atoms with Gasteiger partial charge >= 0.3 is 0 Å². The Bertz CT molecular complexity index is 1430. The summed E-state index contributed by atoms with van der Waals surface area (Å²) < 4.78 is 5.00. The fourth-order valence-corrected chi connectivity index (χ4v) is 4.10. The average molecular weight is 445 g/mol. The summed E-state index contributed by atoms with van der Waals surface area (Å²) in [5.41, 5.74) is 3.02. The number of Topliss-reactive ketones (excluding diaryl/α,β-unsaturated/α-hetero) is 2. The molecule has 5 rings (SSSR count). The highest BCUT2D eigenvalue weighted by Crippen LogP contribution is 2.32. The third-order valence-electron chi connectivity index (χ3n) is 5.71. The minimum atomic E-state index is -0.276. The van der Waals surface area contributed by atoms with Gasteiger partial charge in [0, 0.05) is 11.1 Å². The van der Waals surface area contributed by atoms with Gasteiger partial charge in [-0.05, 0) is 58.8 Å². The largest absolute Gasteiger partial charge is 0.414 e. The lowest BCUT2D eigenvalue weighted by Crippen LogP contribution is -2.27. The van der Waals surface area contributed by atoms with Gasteiger partial charge in [0.25, 0.3) is 6.02 Å². The monoisotopic (exact) mass is 445 g/mol. The molecule has 0 saturated heterocycles. The van der Waals surface area contributed by atoms with Crippen molar-refractivity contribution in [3.05, 3.63) is 113 Å². The number of carbonyl (C=O) groups excluding carboxylic acids is 2. The molecule has 1 aliphatic rings. The van der Waals surface area contributed by atoms with Crippen LogP contribution in [0.15, 0.2) is 96.6 Å². The molecule has 0 aromatic heterocycles. The summed E-state index contributed by atoms with van der Waals surface area (Å²) in [6.07, 6.45) is 2.31. The van der Waals surface area contributed by atoms with Crippen LogP contribution in [0.2, 0.25) is 0 Å². The maximum absolute atomic E-state index is 13.0. The second-order valence-electron chi connectivity index (χ2n) is 7.76. The Labute approximate surface area is 195 Å². The molecule has 6 heteroatoms. The molecule has 0 bridgehead atoms. The van der Waals surface area contributed by atoms with Crippen LogP contribution in [0, 0.1) is 10.8 Å². The van der Waals surface area contributed by atoms with Crippen molar-refractivity contribution in [3.63, 3.8) is 0 Å². The van der Waals surface area contributed by atoms with Gasteiger partial charge in [-0.2, -0.15) is 0 Å². The summed E-state index contributed by atoms with van der Waals surface area (Å²) in [6, 6.07) is 27.3. The van der Waals surface area contributed by atoms with Crippen LogP contribution in [-0.4, -0.2) is 24.0 Å². The number of rotatable bonds is 4. The van der Waals surface area contributed by atoms with Crippen LogP contribution >= 0.6 is 0 Å². The minimum Gasteiger partial charge on any atom is -0.414 e. The molecule has 6 nitrogen and oxygen atoms in total. The number of hydrogen-bond acceptors (Lipinski definition) is 5. The maximum atomic E-state index is 13.0. The van der Waals surface area contributed by atoms with Crippen molar-refractivity contribution in [1.82, 2.24) is 0 Å². The quantitative estimate of drug-likeness (QED) is 0.174. The van der Waals surface area contributed by atoms with Gasteiger partial charge in [0.2, 0.25) is 0 Å². The zero-order valence-corrected chi connectivity index (χ0v) is 18.0. The van der Waals surface area contributed by atoms with E-state index < -0.39 is 0 Å². The highest BCUT2D eigenvalue weighted by atomic mass is 16.5. The molecule has 0 saturated carbocycles. The summed E-state index contributed by atoms with van der Waals surface area (Å²) in [7, 11) is 0. The van der Waals surface area contributed by atoms with Crippen LogP contribution in [0.5, 0.6) is 0 Å². The number of allylic oxidation sites excluding steroid dienone is 1. The van der Waals surface area contributed by atoms with Gasteiger partial charge in [-0.15, -0.1) is 0 Å². The van der Waals surface area contributed by atoms with E-state index >= 15 is 0 Å². The van der Waals surface area contributed by atoms with Crippen LogP contribution in [-0.2, 0) is 4.74 Å². The van der Waals surface area contributed by atoms with E-state index in [1.54, 1.807) is 47.4 Å². The topological polar surface area (TPSA) is 94.3 Å². The molecule has 0 spiro atoms. The molecular formula is C28H19N3O3. The Hall–Kier alpha value is -4.84. The van der Waals surface area contributed by atoms with E-state index in [0.717, 1.165) is 10.8 Å². The predicted molar refractivity (Wildman–Crippen MR) is 133 cm³/mol. The Morgan fingerprint density at radius 1 is 0.735 bits per heavy atom. The van der Waals surface area contributed by atoms with E-state index in [-0.39, 0.29) is 23.2 Å². The molecule has 34 heavy (non-hydrogen) atoms. The summed E-state index contributed by atoms with van der Waals surface area (Å²) in [4.78, 5) is 27.6. The molecule has 4 aromatic carbocycles. The van der Waals surface area contributed by atoms with Crippen molar-refractivity contribution in [2.24, 2.45) is 0 Å². The second kappa shape index (κ2) is 8.60. The molecule has 4 aromatic rings. The number of ether oxygens (including phenoxy) is 1. The number of para-hydroxylation sites is 1. The average Bonchev–Trinajstić information content (AvgIpc) is 3.09. The van der Waals surface area contributed by atoms with Crippen LogP contribution in [0.4, 0.5) is 11.4 Å². The zero-order valence-electron chi connectivity index (χ0n) is 18.0. The van der Waals surface area contributed by atoms with Crippen molar-refractivity contribution in [2.45, 2.75) is 0 Å². The third-order valence-corrected chi connectivity index (χ3v) is 5.71. The number of amidine groups is 1. The molecule has 2 N–H and O–H groups in total. The number of nitrogens with zero attached hydrogens (tertiary/aromatic N) is 1. The highest BCUT2D eigenvalue weighted by molar-refractivity contribution is 6.42. The molecular weight excluding hydrogens is 426 g/mol. The minimum absolute atomic E-state index is 0.137. The van der Waals surface area contributed by atoms with Crippen LogP contribution in [0.25, 0.3) is 16.8 Å². The van der Waals surface area contributed by atoms with E-state index in [4.69, 9.17) is 15.6 Å². The Balaban J connectivity index is 1.48. The Morgan fingerprint density at radius 2 is 1.26 bits per heavy atom. The number of anilines is 2.